The summed E-state index contributed by atoms with van der Waals surface area (Å²) < 4.78 is 27.7. The van der Waals surface area contributed by atoms with Crippen LogP contribution in [0.1, 0.15) is 13.3 Å². The van der Waals surface area contributed by atoms with Crippen LogP contribution >= 0.6 is 0 Å². The zero-order valence-corrected chi connectivity index (χ0v) is 11.1. The van der Waals surface area contributed by atoms with Crippen LogP contribution in [0.25, 0.3) is 0 Å². The summed E-state index contributed by atoms with van der Waals surface area (Å²) in [6.07, 6.45) is 2.91. The molecule has 1 unspecified atom stereocenters. The van der Waals surface area contributed by atoms with Gasteiger partial charge in [0.25, 0.3) is 4.87 Å². The van der Waals surface area contributed by atoms with Gasteiger partial charge in [0.05, 0.1) is 11.6 Å². The van der Waals surface area contributed by atoms with E-state index >= 15 is 0 Å². The minimum Gasteiger partial charge on any atom is -0.283 e. The molecular weight excluding hydrogens is 272 g/mol. The van der Waals surface area contributed by atoms with Crippen LogP contribution in [0, 0.1) is 0 Å². The molecule has 1 aromatic heterocycles. The molecule has 0 aromatic carbocycles. The van der Waals surface area contributed by atoms with Gasteiger partial charge >= 0.3 is 0 Å². The highest BCUT2D eigenvalue weighted by Crippen LogP contribution is 2.49. The van der Waals surface area contributed by atoms with Gasteiger partial charge in [-0.1, -0.05) is 0 Å². The Kier molecular flexibility index (Phi) is 2.10. The highest BCUT2D eigenvalue weighted by molar-refractivity contribution is 7.93. The fourth-order valence-corrected chi connectivity index (χ4v) is 4.67. The van der Waals surface area contributed by atoms with Crippen LogP contribution in [0.4, 0.5) is 0 Å². The SMILES string of the molecule is C[n+]1ccn([C@@]2(C)C(=C=O)N3C(=O)CC3S2(=O)=O)n1. The molecular formula is C10H11N4O4S+. The van der Waals surface area contributed by atoms with Gasteiger partial charge < -0.3 is 0 Å². The second-order valence-electron chi connectivity index (χ2n) is 4.71. The van der Waals surface area contributed by atoms with Gasteiger partial charge in [0, 0.05) is 6.92 Å². The highest BCUT2D eigenvalue weighted by atomic mass is 32.2. The summed E-state index contributed by atoms with van der Waals surface area (Å²) in [5, 5.41) is 3.02. The Labute approximate surface area is 108 Å². The summed E-state index contributed by atoms with van der Waals surface area (Å²) in [5.41, 5.74) is -0.197. The molecule has 3 rings (SSSR count). The van der Waals surface area contributed by atoms with E-state index < -0.39 is 20.1 Å². The molecule has 1 amide bonds. The molecule has 0 radical (unpaired) electrons. The number of sulfone groups is 1. The maximum absolute atomic E-state index is 12.5. The van der Waals surface area contributed by atoms with Crippen LogP contribution in [0.15, 0.2) is 18.1 Å². The van der Waals surface area contributed by atoms with Crippen molar-refractivity contribution >= 4 is 21.7 Å². The van der Waals surface area contributed by atoms with Crippen molar-refractivity contribution in [1.82, 2.24) is 14.8 Å². The predicted molar refractivity (Wildman–Crippen MR) is 60.4 cm³/mol. The third-order valence-corrected chi connectivity index (χ3v) is 6.28. The van der Waals surface area contributed by atoms with Crippen LogP contribution in [0.5, 0.6) is 0 Å². The Balaban J connectivity index is 2.30. The zero-order valence-electron chi connectivity index (χ0n) is 10.3. The predicted octanol–water partition coefficient (Wildman–Crippen LogP) is -1.92. The van der Waals surface area contributed by atoms with Gasteiger partial charge in [-0.3, -0.25) is 9.69 Å². The maximum Gasteiger partial charge on any atom is 0.281 e. The summed E-state index contributed by atoms with van der Waals surface area (Å²) in [6, 6.07) is 0. The maximum atomic E-state index is 12.5. The number of nitrogens with zero attached hydrogens (tertiary/aromatic N) is 4. The zero-order chi connectivity index (χ0) is 14.0. The summed E-state index contributed by atoms with van der Waals surface area (Å²) >= 11 is 0. The van der Waals surface area contributed by atoms with E-state index in [1.54, 1.807) is 19.2 Å². The highest BCUT2D eigenvalue weighted by Gasteiger charge is 2.70. The van der Waals surface area contributed by atoms with Crippen molar-refractivity contribution in [2.24, 2.45) is 7.05 Å². The Morgan fingerprint density at radius 3 is 2.74 bits per heavy atom. The fourth-order valence-electron chi connectivity index (χ4n) is 2.51. The monoisotopic (exact) mass is 283 g/mol. The number of aryl methyl sites for hydroxylation is 1. The number of carbonyl (C=O) groups is 1. The summed E-state index contributed by atoms with van der Waals surface area (Å²) in [5.74, 6) is 1.22. The largest absolute Gasteiger partial charge is 0.283 e. The number of rotatable bonds is 1. The molecule has 0 aliphatic carbocycles. The molecule has 8 nitrogen and oxygen atoms in total. The first-order valence-electron chi connectivity index (χ1n) is 5.57. The average molecular weight is 283 g/mol. The molecule has 2 saturated heterocycles. The Hall–Kier alpha value is -1.99. The van der Waals surface area contributed by atoms with Crippen molar-refractivity contribution in [3.63, 3.8) is 0 Å². The number of carbonyl (C=O) groups excluding carboxylic acids is 2. The van der Waals surface area contributed by atoms with Crippen molar-refractivity contribution in [2.45, 2.75) is 23.6 Å². The number of hydrogen-bond acceptors (Lipinski definition) is 5. The van der Waals surface area contributed by atoms with E-state index in [0.717, 1.165) is 4.90 Å². The molecule has 2 aliphatic rings. The quantitative estimate of drug-likeness (QED) is 0.340. The molecule has 2 fully saturated rings. The van der Waals surface area contributed by atoms with Gasteiger partial charge in [0.15, 0.2) is 29.4 Å². The van der Waals surface area contributed by atoms with Crippen LogP contribution in [-0.4, -0.2) is 40.4 Å². The second-order valence-corrected chi connectivity index (χ2v) is 7.14. The molecule has 100 valence electrons. The van der Waals surface area contributed by atoms with Crippen LogP contribution in [-0.2, 0) is 31.3 Å². The molecule has 9 heteroatoms. The van der Waals surface area contributed by atoms with Crippen molar-refractivity contribution in [3.05, 3.63) is 18.1 Å². The van der Waals surface area contributed by atoms with Crippen LogP contribution in [0.3, 0.4) is 0 Å². The van der Waals surface area contributed by atoms with Gasteiger partial charge in [-0.25, -0.2) is 13.2 Å². The number of fused-ring (bicyclic) bond motifs is 1. The van der Waals surface area contributed by atoms with Crippen LogP contribution < -0.4 is 4.68 Å². The minimum atomic E-state index is -3.77. The van der Waals surface area contributed by atoms with E-state index in [4.69, 9.17) is 0 Å². The first-order chi connectivity index (χ1) is 8.84. The molecule has 2 atom stereocenters. The fraction of sp³-hybridized carbons (Fsp3) is 0.500. The van der Waals surface area contributed by atoms with E-state index in [1.807, 2.05) is 0 Å². The van der Waals surface area contributed by atoms with Crippen molar-refractivity contribution < 1.29 is 22.7 Å². The third kappa shape index (κ3) is 1.16. The standard InChI is InChI=1S/C10H11N4O4S/c1-10(13-4-3-12(2)11-13)7(6-15)14-8(16)5-9(14)19(10,17)18/h3-4,9H,5H2,1-2H3/q+1/t9?,10-/m1/s1. The van der Waals surface area contributed by atoms with Gasteiger partial charge in [-0.2, -0.15) is 0 Å². The van der Waals surface area contributed by atoms with Gasteiger partial charge in [0.1, 0.15) is 7.05 Å². The first kappa shape index (κ1) is 12.1. The van der Waals surface area contributed by atoms with E-state index in [-0.39, 0.29) is 18.0 Å². The number of aromatic nitrogens is 3. The van der Waals surface area contributed by atoms with Gasteiger partial charge in [-0.15, -0.1) is 9.36 Å². The van der Waals surface area contributed by atoms with E-state index in [1.165, 1.54) is 22.5 Å². The summed E-state index contributed by atoms with van der Waals surface area (Å²) in [7, 11) is -2.14. The Morgan fingerprint density at radius 2 is 2.26 bits per heavy atom. The van der Waals surface area contributed by atoms with Gasteiger partial charge in [-0.05, 0) is 0 Å². The van der Waals surface area contributed by atoms with Crippen molar-refractivity contribution in [2.75, 3.05) is 0 Å². The lowest BCUT2D eigenvalue weighted by molar-refractivity contribution is -0.732. The molecule has 2 aliphatic heterocycles. The number of amides is 1. The van der Waals surface area contributed by atoms with E-state index in [0.29, 0.717) is 0 Å². The normalized spacial score (nSPS) is 31.9. The molecule has 1 aromatic rings. The summed E-state index contributed by atoms with van der Waals surface area (Å²) in [4.78, 5) is 22.0. The molecule has 0 N–H and O–H groups in total. The summed E-state index contributed by atoms with van der Waals surface area (Å²) in [6.45, 7) is 1.36. The van der Waals surface area contributed by atoms with Gasteiger partial charge in [0.2, 0.25) is 15.7 Å². The number of β-lactam (4-membered cyclic amide) rings is 1. The Bertz CT molecular complexity index is 745. The first-order valence-corrected chi connectivity index (χ1v) is 7.12. The van der Waals surface area contributed by atoms with Crippen molar-refractivity contribution in [3.8, 4) is 0 Å². The Morgan fingerprint density at radius 1 is 1.58 bits per heavy atom. The molecule has 0 spiro atoms. The lowest BCUT2D eigenvalue weighted by Gasteiger charge is -2.30. The third-order valence-electron chi connectivity index (χ3n) is 3.69. The van der Waals surface area contributed by atoms with E-state index in [2.05, 4.69) is 5.21 Å². The molecule has 3 heterocycles. The number of hydrogen-bond donors (Lipinski definition) is 0. The topological polar surface area (TPSA) is 93.2 Å². The van der Waals surface area contributed by atoms with E-state index in [9.17, 15) is 18.0 Å². The molecule has 0 bridgehead atoms. The second kappa shape index (κ2) is 3.31. The van der Waals surface area contributed by atoms with Crippen LogP contribution in [0.2, 0.25) is 0 Å². The van der Waals surface area contributed by atoms with Crippen molar-refractivity contribution in [1.29, 1.82) is 0 Å². The average Bonchev–Trinajstić information content (AvgIpc) is 2.82. The molecule has 0 saturated carbocycles. The molecule has 19 heavy (non-hydrogen) atoms. The minimum absolute atomic E-state index is 0.101. The smallest absolute Gasteiger partial charge is 0.281 e. The lowest BCUT2D eigenvalue weighted by atomic mass is 10.1. The lowest BCUT2D eigenvalue weighted by Crippen LogP contribution is -2.50.